The molecule has 0 aliphatic heterocycles. The number of esters is 1. The smallest absolute Gasteiger partial charge is 0.307 e. The molecular formula is C23H19F2N3O4. The molecule has 0 spiro atoms. The number of hydrogen-bond donors (Lipinski definition) is 0. The molecule has 9 heteroatoms. The van der Waals surface area contributed by atoms with Gasteiger partial charge in [0.1, 0.15) is 11.6 Å². The molecule has 0 radical (unpaired) electrons. The van der Waals surface area contributed by atoms with Gasteiger partial charge < -0.3 is 13.7 Å². The minimum atomic E-state index is -0.779. The van der Waals surface area contributed by atoms with Crippen LogP contribution < -0.4 is 0 Å². The fourth-order valence-electron chi connectivity index (χ4n) is 2.94. The van der Waals surface area contributed by atoms with E-state index >= 15 is 0 Å². The van der Waals surface area contributed by atoms with Crippen molar-refractivity contribution in [2.24, 2.45) is 0 Å². The van der Waals surface area contributed by atoms with Gasteiger partial charge in [-0.05, 0) is 49.7 Å². The molecule has 2 heterocycles. The Morgan fingerprint density at radius 2 is 1.88 bits per heavy atom. The number of hydrogen-bond acceptors (Lipinski definition) is 7. The Kier molecular flexibility index (Phi) is 6.07. The first-order valence-electron chi connectivity index (χ1n) is 9.89. The quantitative estimate of drug-likeness (QED) is 0.365. The SMILES string of the molecule is Cc1ccc(-c2noc(C(C)OC(=O)CCc3ncc(-c4ccc(F)cc4)o3)n2)cc1F. The van der Waals surface area contributed by atoms with Crippen LogP contribution in [0.1, 0.15) is 36.8 Å². The second-order valence-electron chi connectivity index (χ2n) is 7.18. The number of ether oxygens (including phenoxy) is 1. The lowest BCUT2D eigenvalue weighted by Gasteiger charge is -2.08. The summed E-state index contributed by atoms with van der Waals surface area (Å²) in [5.41, 5.74) is 1.65. The van der Waals surface area contributed by atoms with Gasteiger partial charge in [-0.25, -0.2) is 13.8 Å². The zero-order chi connectivity index (χ0) is 22.7. The topological polar surface area (TPSA) is 91.2 Å². The first-order chi connectivity index (χ1) is 15.4. The molecular weight excluding hydrogens is 420 g/mol. The lowest BCUT2D eigenvalue weighted by atomic mass is 10.1. The van der Waals surface area contributed by atoms with E-state index < -0.39 is 12.1 Å². The van der Waals surface area contributed by atoms with Crippen LogP contribution in [0.3, 0.4) is 0 Å². The number of aryl methyl sites for hydroxylation is 2. The van der Waals surface area contributed by atoms with Gasteiger partial charge in [0, 0.05) is 17.5 Å². The molecule has 0 bridgehead atoms. The van der Waals surface area contributed by atoms with Crippen LogP contribution in [0.15, 0.2) is 57.6 Å². The van der Waals surface area contributed by atoms with Gasteiger partial charge in [0.25, 0.3) is 5.89 Å². The van der Waals surface area contributed by atoms with Crippen molar-refractivity contribution in [3.63, 3.8) is 0 Å². The third kappa shape index (κ3) is 4.88. The highest BCUT2D eigenvalue weighted by Crippen LogP contribution is 2.24. The van der Waals surface area contributed by atoms with Crippen LogP contribution in [0.2, 0.25) is 0 Å². The van der Waals surface area contributed by atoms with Gasteiger partial charge in [-0.3, -0.25) is 4.79 Å². The minimum absolute atomic E-state index is 0.0257. The monoisotopic (exact) mass is 439 g/mol. The third-order valence-corrected chi connectivity index (χ3v) is 4.75. The summed E-state index contributed by atoms with van der Waals surface area (Å²) in [4.78, 5) is 20.5. The molecule has 1 unspecified atom stereocenters. The molecule has 4 rings (SSSR count). The van der Waals surface area contributed by atoms with Crippen molar-refractivity contribution in [2.75, 3.05) is 0 Å². The Labute approximate surface area is 182 Å². The second-order valence-corrected chi connectivity index (χ2v) is 7.18. The predicted octanol–water partition coefficient (Wildman–Crippen LogP) is 5.22. The highest BCUT2D eigenvalue weighted by Gasteiger charge is 2.20. The molecule has 0 amide bonds. The normalized spacial score (nSPS) is 12.0. The van der Waals surface area contributed by atoms with Crippen molar-refractivity contribution < 1.29 is 27.3 Å². The van der Waals surface area contributed by atoms with Crippen LogP contribution in [0, 0.1) is 18.6 Å². The fourth-order valence-corrected chi connectivity index (χ4v) is 2.94. The van der Waals surface area contributed by atoms with Gasteiger partial charge in [0.15, 0.2) is 17.8 Å². The Morgan fingerprint density at radius 1 is 1.12 bits per heavy atom. The highest BCUT2D eigenvalue weighted by molar-refractivity contribution is 5.69. The van der Waals surface area contributed by atoms with Gasteiger partial charge in [0.2, 0.25) is 5.82 Å². The van der Waals surface area contributed by atoms with E-state index in [1.165, 1.54) is 24.4 Å². The summed E-state index contributed by atoms with van der Waals surface area (Å²) in [7, 11) is 0. The molecule has 2 aromatic heterocycles. The minimum Gasteiger partial charge on any atom is -0.453 e. The average Bonchev–Trinajstić information content (AvgIpc) is 3.45. The molecule has 0 saturated heterocycles. The van der Waals surface area contributed by atoms with Crippen LogP contribution >= 0.6 is 0 Å². The van der Waals surface area contributed by atoms with Gasteiger partial charge in [-0.2, -0.15) is 4.98 Å². The molecule has 164 valence electrons. The van der Waals surface area contributed by atoms with Crippen molar-refractivity contribution in [1.82, 2.24) is 15.1 Å². The van der Waals surface area contributed by atoms with Gasteiger partial charge in [-0.15, -0.1) is 0 Å². The molecule has 7 nitrogen and oxygen atoms in total. The number of oxazole rings is 1. The van der Waals surface area contributed by atoms with Crippen molar-refractivity contribution in [2.45, 2.75) is 32.8 Å². The van der Waals surface area contributed by atoms with E-state index in [0.29, 0.717) is 28.3 Å². The maximum absolute atomic E-state index is 13.8. The number of benzene rings is 2. The van der Waals surface area contributed by atoms with E-state index in [1.54, 1.807) is 38.1 Å². The molecule has 0 N–H and O–H groups in total. The van der Waals surface area contributed by atoms with Gasteiger partial charge in [0.05, 0.1) is 12.6 Å². The van der Waals surface area contributed by atoms with Crippen LogP contribution in [0.5, 0.6) is 0 Å². The fraction of sp³-hybridized carbons (Fsp3) is 0.217. The predicted molar refractivity (Wildman–Crippen MR) is 109 cm³/mol. The summed E-state index contributed by atoms with van der Waals surface area (Å²) < 4.78 is 42.9. The van der Waals surface area contributed by atoms with Crippen molar-refractivity contribution in [1.29, 1.82) is 0 Å². The number of aromatic nitrogens is 3. The van der Waals surface area contributed by atoms with E-state index in [-0.39, 0.29) is 36.2 Å². The maximum Gasteiger partial charge on any atom is 0.307 e. The van der Waals surface area contributed by atoms with Crippen LogP contribution in [0.4, 0.5) is 8.78 Å². The van der Waals surface area contributed by atoms with E-state index in [0.717, 1.165) is 0 Å². The van der Waals surface area contributed by atoms with Crippen LogP contribution in [0.25, 0.3) is 22.7 Å². The van der Waals surface area contributed by atoms with Gasteiger partial charge in [-0.1, -0.05) is 17.3 Å². The number of rotatable bonds is 7. The zero-order valence-corrected chi connectivity index (χ0v) is 17.3. The Hall–Kier alpha value is -3.88. The first kappa shape index (κ1) is 21.4. The van der Waals surface area contributed by atoms with Crippen molar-refractivity contribution in [3.05, 3.63) is 77.6 Å². The summed E-state index contributed by atoms with van der Waals surface area (Å²) in [6, 6.07) is 10.4. The molecule has 0 aliphatic carbocycles. The Balaban J connectivity index is 1.32. The summed E-state index contributed by atoms with van der Waals surface area (Å²) >= 11 is 0. The van der Waals surface area contributed by atoms with E-state index in [9.17, 15) is 13.6 Å². The summed E-state index contributed by atoms with van der Waals surface area (Å²) in [6.07, 6.45) is 0.991. The first-order valence-corrected chi connectivity index (χ1v) is 9.89. The number of halogens is 2. The van der Waals surface area contributed by atoms with Crippen LogP contribution in [-0.4, -0.2) is 21.1 Å². The maximum atomic E-state index is 13.8. The molecule has 32 heavy (non-hydrogen) atoms. The van der Waals surface area contributed by atoms with E-state index in [4.69, 9.17) is 13.7 Å². The molecule has 0 fully saturated rings. The highest BCUT2D eigenvalue weighted by atomic mass is 19.1. The molecule has 1 atom stereocenters. The molecule has 0 saturated carbocycles. The summed E-state index contributed by atoms with van der Waals surface area (Å²) in [6.45, 7) is 3.26. The Morgan fingerprint density at radius 3 is 2.62 bits per heavy atom. The largest absolute Gasteiger partial charge is 0.453 e. The standard InChI is InChI=1S/C23H19F2N3O4/c1-13-3-4-16(11-18(13)25)22-27-23(32-28-22)14(2)30-21(29)10-9-20-26-12-19(31-20)15-5-7-17(24)8-6-15/h3-8,11-12,14H,9-10H2,1-2H3. The lowest BCUT2D eigenvalue weighted by molar-refractivity contribution is -0.149. The van der Waals surface area contributed by atoms with E-state index in [2.05, 4.69) is 15.1 Å². The summed E-state index contributed by atoms with van der Waals surface area (Å²) in [5.74, 6) is -0.0746. The number of carbonyl (C=O) groups is 1. The second kappa shape index (κ2) is 9.09. The molecule has 2 aromatic carbocycles. The van der Waals surface area contributed by atoms with Crippen molar-refractivity contribution in [3.8, 4) is 22.7 Å². The summed E-state index contributed by atoms with van der Waals surface area (Å²) in [5, 5.41) is 3.82. The van der Waals surface area contributed by atoms with Gasteiger partial charge >= 0.3 is 5.97 Å². The average molecular weight is 439 g/mol. The van der Waals surface area contributed by atoms with E-state index in [1.807, 2.05) is 0 Å². The van der Waals surface area contributed by atoms with Crippen molar-refractivity contribution >= 4 is 5.97 Å². The zero-order valence-electron chi connectivity index (χ0n) is 17.3. The van der Waals surface area contributed by atoms with Crippen LogP contribution in [-0.2, 0) is 16.0 Å². The third-order valence-electron chi connectivity index (χ3n) is 4.75. The Bertz CT molecular complexity index is 1230. The molecule has 0 aliphatic rings. The lowest BCUT2D eigenvalue weighted by Crippen LogP contribution is -2.10. The number of nitrogens with zero attached hydrogens (tertiary/aromatic N) is 3. The number of carbonyl (C=O) groups excluding carboxylic acids is 1. The molecule has 4 aromatic rings.